The minimum atomic E-state index is -0.0343. The van der Waals surface area contributed by atoms with E-state index in [4.69, 9.17) is 9.26 Å². The van der Waals surface area contributed by atoms with Crippen LogP contribution < -0.4 is 4.90 Å². The highest BCUT2D eigenvalue weighted by atomic mass is 16.5. The average molecular weight is 315 g/mol. The predicted molar refractivity (Wildman–Crippen MR) is 86.0 cm³/mol. The Bertz CT molecular complexity index is 683. The van der Waals surface area contributed by atoms with Gasteiger partial charge in [0.2, 0.25) is 0 Å². The third-order valence-corrected chi connectivity index (χ3v) is 3.88. The van der Waals surface area contributed by atoms with Crippen molar-refractivity contribution in [2.75, 3.05) is 31.6 Å². The van der Waals surface area contributed by atoms with Gasteiger partial charge >= 0.3 is 0 Å². The summed E-state index contributed by atoms with van der Waals surface area (Å²) in [6.07, 6.45) is 0. The highest BCUT2D eigenvalue weighted by Crippen LogP contribution is 2.24. The van der Waals surface area contributed by atoms with Gasteiger partial charge in [-0.3, -0.25) is 4.79 Å². The standard InChI is InChI=1S/C17H21N3O3/c1-13-9-15(18-23-13)11-22-12-17(21)20-8-7-19(2)10-14-5-3-4-6-16(14)20/h3-6,9H,7-8,10-12H2,1-2H3. The van der Waals surface area contributed by atoms with Crippen molar-refractivity contribution in [2.45, 2.75) is 20.1 Å². The number of hydrogen-bond acceptors (Lipinski definition) is 5. The van der Waals surface area contributed by atoms with Gasteiger partial charge in [-0.1, -0.05) is 23.4 Å². The summed E-state index contributed by atoms with van der Waals surface area (Å²) in [6.45, 7) is 4.48. The number of rotatable bonds is 4. The van der Waals surface area contributed by atoms with Crippen molar-refractivity contribution in [1.82, 2.24) is 10.1 Å². The molecular formula is C17H21N3O3. The van der Waals surface area contributed by atoms with Crippen LogP contribution in [0.25, 0.3) is 0 Å². The fraction of sp³-hybridized carbons (Fsp3) is 0.412. The summed E-state index contributed by atoms with van der Waals surface area (Å²) in [5, 5.41) is 3.85. The summed E-state index contributed by atoms with van der Waals surface area (Å²) in [5.41, 5.74) is 2.84. The maximum absolute atomic E-state index is 12.6. The maximum Gasteiger partial charge on any atom is 0.253 e. The Morgan fingerprint density at radius 3 is 2.96 bits per heavy atom. The van der Waals surface area contributed by atoms with Crippen molar-refractivity contribution in [3.8, 4) is 0 Å². The number of anilines is 1. The van der Waals surface area contributed by atoms with Crippen LogP contribution >= 0.6 is 0 Å². The number of aryl methyl sites for hydroxylation is 1. The molecule has 0 bridgehead atoms. The first-order chi connectivity index (χ1) is 11.1. The molecule has 2 heterocycles. The molecule has 0 N–H and O–H groups in total. The van der Waals surface area contributed by atoms with Crippen LogP contribution in [-0.4, -0.2) is 42.7 Å². The Labute approximate surface area is 135 Å². The highest BCUT2D eigenvalue weighted by molar-refractivity contribution is 5.95. The van der Waals surface area contributed by atoms with Crippen LogP contribution in [0.15, 0.2) is 34.9 Å². The van der Waals surface area contributed by atoms with E-state index >= 15 is 0 Å². The molecule has 6 nitrogen and oxygen atoms in total. The Balaban J connectivity index is 1.64. The number of aromatic nitrogens is 1. The minimum absolute atomic E-state index is 0.0317. The molecule has 122 valence electrons. The molecule has 0 atom stereocenters. The summed E-state index contributed by atoms with van der Waals surface area (Å²) in [4.78, 5) is 16.6. The third kappa shape index (κ3) is 3.78. The molecular weight excluding hydrogens is 294 g/mol. The van der Waals surface area contributed by atoms with E-state index in [1.165, 1.54) is 0 Å². The molecule has 1 amide bonds. The second-order valence-electron chi connectivity index (χ2n) is 5.83. The molecule has 6 heteroatoms. The van der Waals surface area contributed by atoms with Gasteiger partial charge in [-0.25, -0.2) is 0 Å². The van der Waals surface area contributed by atoms with E-state index in [2.05, 4.69) is 23.2 Å². The normalized spacial score (nSPS) is 15.3. The van der Waals surface area contributed by atoms with Gasteiger partial charge < -0.3 is 19.1 Å². The van der Waals surface area contributed by atoms with Gasteiger partial charge in [0.15, 0.2) is 0 Å². The van der Waals surface area contributed by atoms with Crippen LogP contribution in [0.4, 0.5) is 5.69 Å². The second kappa shape index (κ2) is 6.93. The summed E-state index contributed by atoms with van der Waals surface area (Å²) >= 11 is 0. The topological polar surface area (TPSA) is 58.8 Å². The lowest BCUT2D eigenvalue weighted by Gasteiger charge is -2.22. The number of fused-ring (bicyclic) bond motifs is 1. The van der Waals surface area contributed by atoms with Crippen LogP contribution in [0.2, 0.25) is 0 Å². The molecule has 0 spiro atoms. The number of likely N-dealkylation sites (N-methyl/N-ethyl adjacent to an activating group) is 1. The number of carbonyl (C=O) groups excluding carboxylic acids is 1. The molecule has 2 aromatic rings. The van der Waals surface area contributed by atoms with Gasteiger partial charge in [0.25, 0.3) is 5.91 Å². The Kier molecular flexibility index (Phi) is 4.73. The first-order valence-electron chi connectivity index (χ1n) is 7.70. The average Bonchev–Trinajstić information content (AvgIpc) is 2.86. The van der Waals surface area contributed by atoms with Gasteiger partial charge in [0.1, 0.15) is 18.1 Å². The number of ether oxygens (including phenoxy) is 1. The molecule has 0 radical (unpaired) electrons. The number of para-hydroxylation sites is 1. The summed E-state index contributed by atoms with van der Waals surface area (Å²) in [5.74, 6) is 0.701. The predicted octanol–water partition coefficient (Wildman–Crippen LogP) is 1.98. The van der Waals surface area contributed by atoms with Crippen molar-refractivity contribution in [3.63, 3.8) is 0 Å². The van der Waals surface area contributed by atoms with E-state index in [-0.39, 0.29) is 19.1 Å². The van der Waals surface area contributed by atoms with E-state index in [1.807, 2.05) is 30.0 Å². The van der Waals surface area contributed by atoms with Gasteiger partial charge in [0, 0.05) is 31.4 Å². The highest BCUT2D eigenvalue weighted by Gasteiger charge is 2.22. The van der Waals surface area contributed by atoms with Crippen LogP contribution in [0.3, 0.4) is 0 Å². The zero-order valence-corrected chi connectivity index (χ0v) is 13.5. The van der Waals surface area contributed by atoms with Crippen LogP contribution in [-0.2, 0) is 22.7 Å². The molecule has 1 aromatic carbocycles. The fourth-order valence-electron chi connectivity index (χ4n) is 2.73. The lowest BCUT2D eigenvalue weighted by Crippen LogP contribution is -2.37. The van der Waals surface area contributed by atoms with Crippen molar-refractivity contribution in [2.24, 2.45) is 0 Å². The van der Waals surface area contributed by atoms with Crippen molar-refractivity contribution in [1.29, 1.82) is 0 Å². The minimum Gasteiger partial charge on any atom is -0.365 e. The van der Waals surface area contributed by atoms with Crippen molar-refractivity contribution < 1.29 is 14.1 Å². The molecule has 1 aliphatic rings. The van der Waals surface area contributed by atoms with Gasteiger partial charge in [-0.15, -0.1) is 0 Å². The number of amides is 1. The Morgan fingerprint density at radius 2 is 2.17 bits per heavy atom. The Hall–Kier alpha value is -2.18. The molecule has 0 saturated heterocycles. The summed E-state index contributed by atoms with van der Waals surface area (Å²) < 4.78 is 10.5. The quantitative estimate of drug-likeness (QED) is 0.863. The van der Waals surface area contributed by atoms with Crippen LogP contribution in [0, 0.1) is 6.92 Å². The third-order valence-electron chi connectivity index (χ3n) is 3.88. The molecule has 0 saturated carbocycles. The number of nitrogens with zero attached hydrogens (tertiary/aromatic N) is 3. The SMILES string of the molecule is Cc1cc(COCC(=O)N2CCN(C)Cc3ccccc32)no1. The molecule has 23 heavy (non-hydrogen) atoms. The van der Waals surface area contributed by atoms with Gasteiger partial charge in [-0.05, 0) is 25.6 Å². The molecule has 0 aliphatic carbocycles. The summed E-state index contributed by atoms with van der Waals surface area (Å²) in [7, 11) is 2.06. The Morgan fingerprint density at radius 1 is 1.35 bits per heavy atom. The van der Waals surface area contributed by atoms with Gasteiger partial charge in [-0.2, -0.15) is 0 Å². The first kappa shape index (κ1) is 15.7. The van der Waals surface area contributed by atoms with Crippen LogP contribution in [0.1, 0.15) is 17.0 Å². The molecule has 1 aromatic heterocycles. The zero-order valence-electron chi connectivity index (χ0n) is 13.5. The van der Waals surface area contributed by atoms with Crippen molar-refractivity contribution in [3.05, 3.63) is 47.3 Å². The van der Waals surface area contributed by atoms with E-state index in [1.54, 1.807) is 6.07 Å². The van der Waals surface area contributed by atoms with E-state index in [0.717, 1.165) is 30.1 Å². The molecule has 3 rings (SSSR count). The van der Waals surface area contributed by atoms with E-state index < -0.39 is 0 Å². The number of benzene rings is 1. The van der Waals surface area contributed by atoms with Crippen molar-refractivity contribution >= 4 is 11.6 Å². The lowest BCUT2D eigenvalue weighted by atomic mass is 10.1. The molecule has 0 unspecified atom stereocenters. The summed E-state index contributed by atoms with van der Waals surface area (Å²) in [6, 6.07) is 9.83. The molecule has 1 aliphatic heterocycles. The van der Waals surface area contributed by atoms with Gasteiger partial charge in [0.05, 0.1) is 6.61 Å². The maximum atomic E-state index is 12.6. The number of carbonyl (C=O) groups is 1. The zero-order chi connectivity index (χ0) is 16.2. The first-order valence-corrected chi connectivity index (χ1v) is 7.70. The largest absolute Gasteiger partial charge is 0.365 e. The van der Waals surface area contributed by atoms with E-state index in [0.29, 0.717) is 12.2 Å². The van der Waals surface area contributed by atoms with Crippen LogP contribution in [0.5, 0.6) is 0 Å². The monoisotopic (exact) mass is 315 g/mol. The fourth-order valence-corrected chi connectivity index (χ4v) is 2.73. The lowest BCUT2D eigenvalue weighted by molar-refractivity contribution is -0.123. The van der Waals surface area contributed by atoms with E-state index in [9.17, 15) is 4.79 Å². The second-order valence-corrected chi connectivity index (χ2v) is 5.83. The smallest absolute Gasteiger partial charge is 0.253 e. The number of hydrogen-bond donors (Lipinski definition) is 0. The molecule has 0 fully saturated rings.